The van der Waals surface area contributed by atoms with E-state index in [0.29, 0.717) is 0 Å². The Balaban J connectivity index is 1.17. The lowest BCUT2D eigenvalue weighted by Crippen LogP contribution is -2.24. The lowest BCUT2D eigenvalue weighted by atomic mass is 9.86. The van der Waals surface area contributed by atoms with Gasteiger partial charge in [-0.05, 0) is 67.7 Å². The minimum absolute atomic E-state index is 0.830. The Morgan fingerprint density at radius 2 is 0.904 bits per heavy atom. The second-order valence-electron chi connectivity index (χ2n) is 13.3. The zero-order valence-electron chi connectivity index (χ0n) is 28.1. The Kier molecular flexibility index (Phi) is 7.09. The van der Waals surface area contributed by atoms with Crippen LogP contribution in [-0.2, 0) is 4.57 Å². The third kappa shape index (κ3) is 4.78. The molecule has 2 aromatic heterocycles. The normalized spacial score (nSPS) is 11.9. The zero-order valence-corrected chi connectivity index (χ0v) is 29.0. The first-order valence-electron chi connectivity index (χ1n) is 17.5. The van der Waals surface area contributed by atoms with Crippen LogP contribution in [0.1, 0.15) is 0 Å². The van der Waals surface area contributed by atoms with E-state index >= 15 is 4.57 Å². The standard InChI is InChI=1S/C48H31N2OP/c51-52(37-13-3-1-4-14-37,38-15-5-2-6-16-38)39-27-25-34-30-36(24-23-35(34)31-39)45-40-17-7-9-19-42(40)46(43-20-10-8-18-41(43)45)44-28-26-33-22-21-32-12-11-29-49-47(32)48(33)50-44/h1-31H. The van der Waals surface area contributed by atoms with Gasteiger partial charge in [0.15, 0.2) is 7.14 Å². The van der Waals surface area contributed by atoms with Gasteiger partial charge in [-0.2, -0.15) is 0 Å². The van der Waals surface area contributed by atoms with Crippen LogP contribution in [0.25, 0.3) is 76.5 Å². The summed E-state index contributed by atoms with van der Waals surface area (Å²) >= 11 is 0. The molecule has 0 aliphatic rings. The molecule has 4 heteroatoms. The van der Waals surface area contributed by atoms with Crippen molar-refractivity contribution in [1.29, 1.82) is 0 Å². The molecule has 2 heterocycles. The van der Waals surface area contributed by atoms with Crippen molar-refractivity contribution in [3.8, 4) is 22.4 Å². The number of benzene rings is 8. The summed E-state index contributed by atoms with van der Waals surface area (Å²) in [6.07, 6.45) is 1.84. The van der Waals surface area contributed by atoms with Crippen LogP contribution < -0.4 is 15.9 Å². The van der Waals surface area contributed by atoms with Crippen LogP contribution in [0.3, 0.4) is 0 Å². The van der Waals surface area contributed by atoms with E-state index in [1.54, 1.807) is 0 Å². The number of pyridine rings is 2. The largest absolute Gasteiger partial charge is 0.309 e. The maximum atomic E-state index is 15.1. The summed E-state index contributed by atoms with van der Waals surface area (Å²) in [5.74, 6) is 0. The number of fused-ring (bicyclic) bond motifs is 6. The Morgan fingerprint density at radius 3 is 1.56 bits per heavy atom. The lowest BCUT2D eigenvalue weighted by Gasteiger charge is -2.21. The second-order valence-corrected chi connectivity index (χ2v) is 16.0. The molecule has 0 aliphatic carbocycles. The molecule has 10 aromatic rings. The van der Waals surface area contributed by atoms with Crippen molar-refractivity contribution >= 4 is 77.2 Å². The van der Waals surface area contributed by atoms with Crippen molar-refractivity contribution < 1.29 is 4.57 Å². The average Bonchev–Trinajstić information content (AvgIpc) is 3.22. The van der Waals surface area contributed by atoms with Crippen LogP contribution in [0.15, 0.2) is 188 Å². The number of aromatic nitrogens is 2. The van der Waals surface area contributed by atoms with Crippen LogP contribution in [0.2, 0.25) is 0 Å². The summed E-state index contributed by atoms with van der Waals surface area (Å²) in [7, 11) is -3.09. The Bertz CT molecular complexity index is 2950. The van der Waals surface area contributed by atoms with E-state index in [0.717, 1.165) is 76.1 Å². The maximum absolute atomic E-state index is 15.1. The molecule has 8 aromatic carbocycles. The first-order chi connectivity index (χ1) is 25.7. The van der Waals surface area contributed by atoms with Gasteiger partial charge in [0, 0.05) is 38.4 Å². The molecular formula is C48H31N2OP. The van der Waals surface area contributed by atoms with Gasteiger partial charge in [0.05, 0.1) is 16.7 Å². The van der Waals surface area contributed by atoms with Gasteiger partial charge >= 0.3 is 0 Å². The number of hydrogen-bond donors (Lipinski definition) is 0. The van der Waals surface area contributed by atoms with Gasteiger partial charge in [-0.1, -0.05) is 158 Å². The third-order valence-electron chi connectivity index (χ3n) is 10.3. The van der Waals surface area contributed by atoms with Gasteiger partial charge in [-0.15, -0.1) is 0 Å². The van der Waals surface area contributed by atoms with E-state index in [9.17, 15) is 0 Å². The molecule has 3 nitrogen and oxygen atoms in total. The second kappa shape index (κ2) is 12.1. The van der Waals surface area contributed by atoms with E-state index in [1.807, 2.05) is 72.9 Å². The van der Waals surface area contributed by atoms with Crippen LogP contribution in [0, 0.1) is 0 Å². The van der Waals surface area contributed by atoms with Crippen LogP contribution in [-0.4, -0.2) is 9.97 Å². The highest BCUT2D eigenvalue weighted by molar-refractivity contribution is 7.85. The fourth-order valence-electron chi connectivity index (χ4n) is 7.89. The van der Waals surface area contributed by atoms with Gasteiger partial charge < -0.3 is 4.57 Å². The van der Waals surface area contributed by atoms with Crippen LogP contribution in [0.5, 0.6) is 0 Å². The Morgan fingerprint density at radius 1 is 0.385 bits per heavy atom. The molecule has 0 fully saturated rings. The minimum Gasteiger partial charge on any atom is -0.309 e. The van der Waals surface area contributed by atoms with E-state index in [1.165, 1.54) is 16.3 Å². The highest BCUT2D eigenvalue weighted by Gasteiger charge is 2.29. The van der Waals surface area contributed by atoms with Gasteiger partial charge in [0.25, 0.3) is 0 Å². The molecule has 0 amide bonds. The summed E-state index contributed by atoms with van der Waals surface area (Å²) in [5.41, 5.74) is 6.19. The minimum atomic E-state index is -3.09. The smallest absolute Gasteiger partial charge is 0.171 e. The molecule has 0 N–H and O–H groups in total. The quantitative estimate of drug-likeness (QED) is 0.103. The summed E-state index contributed by atoms with van der Waals surface area (Å²) in [6, 6.07) is 62.6. The summed E-state index contributed by atoms with van der Waals surface area (Å²) in [6.45, 7) is 0. The van der Waals surface area contributed by atoms with Crippen molar-refractivity contribution in [3.05, 3.63) is 188 Å². The molecule has 244 valence electrons. The third-order valence-corrected chi connectivity index (χ3v) is 13.4. The molecule has 0 unspecified atom stereocenters. The lowest BCUT2D eigenvalue weighted by molar-refractivity contribution is 0.592. The van der Waals surface area contributed by atoms with Crippen molar-refractivity contribution in [3.63, 3.8) is 0 Å². The molecule has 0 aliphatic heterocycles. The molecule has 0 bridgehead atoms. The van der Waals surface area contributed by atoms with E-state index in [-0.39, 0.29) is 0 Å². The van der Waals surface area contributed by atoms with Gasteiger partial charge in [0.2, 0.25) is 0 Å². The predicted octanol–water partition coefficient (Wildman–Crippen LogP) is 11.2. The fraction of sp³-hybridized carbons (Fsp3) is 0. The summed E-state index contributed by atoms with van der Waals surface area (Å²) < 4.78 is 15.1. The fourth-order valence-corrected chi connectivity index (χ4v) is 10.6. The van der Waals surface area contributed by atoms with Gasteiger partial charge in [-0.3, -0.25) is 4.98 Å². The average molecular weight is 683 g/mol. The summed E-state index contributed by atoms with van der Waals surface area (Å²) in [4.78, 5) is 10.0. The highest BCUT2D eigenvalue weighted by atomic mass is 31.2. The Hall–Kier alpha value is -6.41. The molecule has 0 atom stereocenters. The predicted molar refractivity (Wildman–Crippen MR) is 220 cm³/mol. The molecule has 0 saturated heterocycles. The van der Waals surface area contributed by atoms with Crippen LogP contribution in [0.4, 0.5) is 0 Å². The summed E-state index contributed by atoms with van der Waals surface area (Å²) in [5, 5.41) is 11.4. The van der Waals surface area contributed by atoms with Crippen molar-refractivity contribution in [2.75, 3.05) is 0 Å². The van der Waals surface area contributed by atoms with Crippen LogP contribution >= 0.6 is 7.14 Å². The van der Waals surface area contributed by atoms with E-state index in [2.05, 4.69) is 115 Å². The zero-order chi connectivity index (χ0) is 34.6. The first-order valence-corrected chi connectivity index (χ1v) is 19.2. The molecule has 0 radical (unpaired) electrons. The first kappa shape index (κ1) is 30.4. The van der Waals surface area contributed by atoms with Crippen molar-refractivity contribution in [2.45, 2.75) is 0 Å². The monoisotopic (exact) mass is 682 g/mol. The van der Waals surface area contributed by atoms with Crippen molar-refractivity contribution in [1.82, 2.24) is 9.97 Å². The van der Waals surface area contributed by atoms with Crippen molar-refractivity contribution in [2.24, 2.45) is 0 Å². The highest BCUT2D eigenvalue weighted by Crippen LogP contribution is 2.45. The van der Waals surface area contributed by atoms with Gasteiger partial charge in [0.1, 0.15) is 0 Å². The molecule has 0 saturated carbocycles. The Labute approximate surface area is 301 Å². The maximum Gasteiger partial charge on any atom is 0.171 e. The molecule has 10 rings (SSSR count). The van der Waals surface area contributed by atoms with Gasteiger partial charge in [-0.25, -0.2) is 4.98 Å². The van der Waals surface area contributed by atoms with E-state index < -0.39 is 7.14 Å². The molecule has 0 spiro atoms. The molecule has 52 heavy (non-hydrogen) atoms. The van der Waals surface area contributed by atoms with E-state index in [4.69, 9.17) is 9.97 Å². The number of nitrogens with zero attached hydrogens (tertiary/aromatic N) is 2. The molecular weight excluding hydrogens is 652 g/mol. The number of hydrogen-bond acceptors (Lipinski definition) is 3. The SMILES string of the molecule is O=P(c1ccccc1)(c1ccccc1)c1ccc2cc(-c3c4ccccc4c(-c4ccc5ccc6cccnc6c5n4)c4ccccc34)ccc2c1. The number of rotatable bonds is 5. The topological polar surface area (TPSA) is 42.9 Å².